The Bertz CT molecular complexity index is 1500. The minimum Gasteiger partial charge on any atom is -0.497 e. The molecule has 0 aliphatic carbocycles. The van der Waals surface area contributed by atoms with Crippen molar-refractivity contribution in [3.63, 3.8) is 0 Å². The molecule has 0 aliphatic rings. The summed E-state index contributed by atoms with van der Waals surface area (Å²) < 4.78 is 120. The van der Waals surface area contributed by atoms with Crippen molar-refractivity contribution in [2.24, 2.45) is 5.92 Å². The van der Waals surface area contributed by atoms with Gasteiger partial charge in [0.2, 0.25) is 17.6 Å². The first-order valence-corrected chi connectivity index (χ1v) is 14.1. The maximum atomic E-state index is 14.9. The number of carbonyl (C=O) groups excluding carboxylic acids is 5. The molecule has 19 heteroatoms. The number of ketones is 1. The smallest absolute Gasteiger partial charge is 0.405 e. The van der Waals surface area contributed by atoms with Gasteiger partial charge >= 0.3 is 18.0 Å². The number of hydrogen-bond donors (Lipinski definition) is 4. The van der Waals surface area contributed by atoms with E-state index >= 15 is 0 Å². The van der Waals surface area contributed by atoms with Crippen molar-refractivity contribution >= 4 is 29.4 Å². The van der Waals surface area contributed by atoms with Crippen LogP contribution in [0.25, 0.3) is 0 Å². The molecule has 0 fully saturated rings. The lowest BCUT2D eigenvalue weighted by molar-refractivity contribution is -0.165. The number of methoxy groups -OCH3 is 2. The highest BCUT2D eigenvalue weighted by Crippen LogP contribution is 2.29. The molecule has 2 rings (SSSR count). The maximum absolute atomic E-state index is 14.9. The number of carbonyl (C=O) groups is 5. The number of alkyl halides is 7. The molecule has 11 nitrogen and oxygen atoms in total. The molecular weight excluding hydrogens is 680 g/mol. The zero-order chi connectivity index (χ0) is 37.3. The van der Waals surface area contributed by atoms with Crippen molar-refractivity contribution in [1.82, 2.24) is 21.3 Å². The molecule has 0 saturated heterocycles. The average molecular weight is 713 g/mol. The van der Waals surface area contributed by atoms with Gasteiger partial charge in [-0.1, -0.05) is 38.1 Å². The number of nitrogens with one attached hydrogen (secondary N) is 4. The molecule has 3 atom stereocenters. The quantitative estimate of drug-likeness (QED) is 0.154. The van der Waals surface area contributed by atoms with E-state index in [4.69, 9.17) is 9.47 Å². The van der Waals surface area contributed by atoms with E-state index in [0.717, 1.165) is 44.5 Å². The van der Waals surface area contributed by atoms with Gasteiger partial charge in [-0.2, -0.15) is 30.7 Å². The van der Waals surface area contributed by atoms with E-state index in [1.807, 2.05) is 5.32 Å². The first kappa shape index (κ1) is 40.4. The summed E-state index contributed by atoms with van der Waals surface area (Å²) in [5, 5.41) is 6.75. The summed E-state index contributed by atoms with van der Waals surface area (Å²) >= 11 is 0. The molecule has 0 radical (unpaired) electrons. The fourth-order valence-corrected chi connectivity index (χ4v) is 4.12. The number of Topliss-reactive ketones (excluding diaryl/α,β-unsaturated/α-hetero) is 1. The molecule has 0 aromatic heterocycles. The van der Waals surface area contributed by atoms with Crippen LogP contribution in [-0.4, -0.2) is 81.0 Å². The lowest BCUT2D eigenvalue weighted by Crippen LogP contribution is -2.59. The van der Waals surface area contributed by atoms with Gasteiger partial charge in [0.1, 0.15) is 30.2 Å². The molecule has 49 heavy (non-hydrogen) atoms. The van der Waals surface area contributed by atoms with Crippen LogP contribution in [0.2, 0.25) is 0 Å². The summed E-state index contributed by atoms with van der Waals surface area (Å²) in [7, 11) is 2.33. The summed E-state index contributed by atoms with van der Waals surface area (Å²) in [6.45, 7) is -0.598. The summed E-state index contributed by atoms with van der Waals surface area (Å²) in [4.78, 5) is 64.0. The van der Waals surface area contributed by atoms with Gasteiger partial charge in [0.05, 0.1) is 19.8 Å². The van der Waals surface area contributed by atoms with Crippen LogP contribution < -0.4 is 26.0 Å². The van der Waals surface area contributed by atoms with Gasteiger partial charge in [0.15, 0.2) is 0 Å². The maximum Gasteiger partial charge on any atom is 0.405 e. The molecule has 0 bridgehead atoms. The first-order valence-electron chi connectivity index (χ1n) is 14.1. The molecule has 0 aliphatic heterocycles. The van der Waals surface area contributed by atoms with Gasteiger partial charge < -0.3 is 30.7 Å². The molecule has 270 valence electrons. The van der Waals surface area contributed by atoms with Gasteiger partial charge in [-0.3, -0.25) is 24.0 Å². The van der Waals surface area contributed by atoms with Crippen LogP contribution in [-0.2, 0) is 34.6 Å². The SMILES string of the molecule is COCC(NC(=O)C(F)(F)c1cccc(F)c1)C(=O)NC(C(=O)NC(C(=O)C(F)(F)C(=O)NCC(F)(F)F)C(C)C)c1ccc(OC)cc1. The van der Waals surface area contributed by atoms with Gasteiger partial charge in [-0.05, 0) is 35.7 Å². The number of halogens is 8. The third-order valence-corrected chi connectivity index (χ3v) is 6.72. The molecular formula is C30H32F8N4O7. The second-order valence-electron chi connectivity index (χ2n) is 10.7. The lowest BCUT2D eigenvalue weighted by atomic mass is 9.94. The predicted octanol–water partition coefficient (Wildman–Crippen LogP) is 2.94. The molecule has 0 heterocycles. The molecule has 4 amide bonds. The predicted molar refractivity (Wildman–Crippen MR) is 154 cm³/mol. The van der Waals surface area contributed by atoms with Gasteiger partial charge in [-0.15, -0.1) is 0 Å². The molecule has 2 aromatic carbocycles. The van der Waals surface area contributed by atoms with Gasteiger partial charge in [-0.25, -0.2) is 4.39 Å². The fraction of sp³-hybridized carbons (Fsp3) is 0.433. The van der Waals surface area contributed by atoms with Crippen LogP contribution in [0.5, 0.6) is 5.75 Å². The number of amides is 4. The minimum atomic E-state index is -5.08. The Hall–Kier alpha value is -4.81. The van der Waals surface area contributed by atoms with Crippen molar-refractivity contribution in [2.45, 2.75) is 50.0 Å². The Morgan fingerprint density at radius 1 is 0.796 bits per heavy atom. The van der Waals surface area contributed by atoms with Crippen LogP contribution in [0.3, 0.4) is 0 Å². The second kappa shape index (κ2) is 16.5. The Morgan fingerprint density at radius 2 is 1.41 bits per heavy atom. The largest absolute Gasteiger partial charge is 0.497 e. The van der Waals surface area contributed by atoms with E-state index < -0.39 is 96.0 Å². The lowest BCUT2D eigenvalue weighted by Gasteiger charge is -2.28. The van der Waals surface area contributed by atoms with Crippen molar-refractivity contribution in [3.05, 3.63) is 65.5 Å². The van der Waals surface area contributed by atoms with Crippen molar-refractivity contribution in [1.29, 1.82) is 0 Å². The minimum absolute atomic E-state index is 0.0936. The topological polar surface area (TPSA) is 152 Å². The van der Waals surface area contributed by atoms with Gasteiger partial charge in [0.25, 0.3) is 11.8 Å². The zero-order valence-electron chi connectivity index (χ0n) is 26.2. The Balaban J connectivity index is 2.41. The van der Waals surface area contributed by atoms with Crippen LogP contribution in [0.1, 0.15) is 31.0 Å². The fourth-order valence-electron chi connectivity index (χ4n) is 4.12. The molecule has 0 saturated carbocycles. The van der Waals surface area contributed by atoms with Crippen LogP contribution in [0.15, 0.2) is 48.5 Å². The van der Waals surface area contributed by atoms with Crippen molar-refractivity contribution < 1.29 is 68.6 Å². The highest BCUT2D eigenvalue weighted by molar-refractivity contribution is 6.10. The standard InChI is InChI=1S/C30H32F8N4O7/c1-15(2)21(23(43)30(37,38)26(46)39-14-28(32,33)34)41-25(45)22(16-8-10-19(49-4)11-9-16)42-24(44)20(13-48-3)40-27(47)29(35,36)17-6-5-7-18(31)12-17/h5-12,15,20-22H,13-14H2,1-4H3,(H,39,46)(H,40,47)(H,41,45)(H,42,44). The number of ether oxygens (including phenoxy) is 2. The monoisotopic (exact) mass is 712 g/mol. The average Bonchev–Trinajstić information content (AvgIpc) is 3.03. The second-order valence-corrected chi connectivity index (χ2v) is 10.7. The number of hydrogen-bond acceptors (Lipinski definition) is 7. The number of rotatable bonds is 16. The molecule has 3 unspecified atom stereocenters. The third kappa shape index (κ3) is 10.8. The Morgan fingerprint density at radius 3 is 1.92 bits per heavy atom. The van der Waals surface area contributed by atoms with E-state index in [0.29, 0.717) is 6.07 Å². The van der Waals surface area contributed by atoms with E-state index in [1.165, 1.54) is 31.4 Å². The van der Waals surface area contributed by atoms with E-state index in [9.17, 15) is 59.1 Å². The summed E-state index contributed by atoms with van der Waals surface area (Å²) in [5.41, 5.74) is -1.14. The van der Waals surface area contributed by atoms with Crippen LogP contribution >= 0.6 is 0 Å². The third-order valence-electron chi connectivity index (χ3n) is 6.72. The highest BCUT2D eigenvalue weighted by atomic mass is 19.4. The van der Waals surface area contributed by atoms with E-state index in [2.05, 4.69) is 5.32 Å². The first-order chi connectivity index (χ1) is 22.6. The van der Waals surface area contributed by atoms with Crippen LogP contribution in [0, 0.1) is 11.7 Å². The highest BCUT2D eigenvalue weighted by Gasteiger charge is 2.52. The van der Waals surface area contributed by atoms with E-state index in [-0.39, 0.29) is 11.3 Å². The van der Waals surface area contributed by atoms with E-state index in [1.54, 1.807) is 5.32 Å². The van der Waals surface area contributed by atoms with Gasteiger partial charge in [0, 0.05) is 12.7 Å². The summed E-state index contributed by atoms with van der Waals surface area (Å²) in [6, 6.07) is 1.92. The van der Waals surface area contributed by atoms with Crippen LogP contribution in [0.4, 0.5) is 35.1 Å². The molecule has 0 spiro atoms. The summed E-state index contributed by atoms with van der Waals surface area (Å²) in [6.07, 6.45) is -5.08. The molecule has 4 N–H and O–H groups in total. The Labute approximate surface area is 274 Å². The number of benzene rings is 2. The summed E-state index contributed by atoms with van der Waals surface area (Å²) in [5.74, 6) is -21.1. The normalized spacial score (nSPS) is 13.9. The Kier molecular flexibility index (Phi) is 13.6. The zero-order valence-corrected chi connectivity index (χ0v) is 26.2. The molecule has 2 aromatic rings. The van der Waals surface area contributed by atoms with Crippen molar-refractivity contribution in [2.75, 3.05) is 27.4 Å². The van der Waals surface area contributed by atoms with Crippen molar-refractivity contribution in [3.8, 4) is 5.75 Å².